The van der Waals surface area contributed by atoms with Crippen LogP contribution in [0.1, 0.15) is 20.3 Å². The summed E-state index contributed by atoms with van der Waals surface area (Å²) in [5, 5.41) is 21.8. The highest BCUT2D eigenvalue weighted by molar-refractivity contribution is 5.90. The molecule has 1 aliphatic rings. The minimum atomic E-state index is -0.610. The number of carbonyl (C=O) groups is 1. The van der Waals surface area contributed by atoms with Gasteiger partial charge in [0.15, 0.2) is 0 Å². The molecule has 0 bridgehead atoms. The largest absolute Gasteiger partial charge is 0.441 e. The maximum Gasteiger partial charge on any atom is 0.414 e. The number of anilines is 1. The molecule has 11 heteroatoms. The van der Waals surface area contributed by atoms with Gasteiger partial charge < -0.3 is 14.7 Å². The molecule has 0 aliphatic carbocycles. The quantitative estimate of drug-likeness (QED) is 0.483. The molecule has 1 N–H and O–H groups in total. The van der Waals surface area contributed by atoms with E-state index >= 15 is 0 Å². The predicted octanol–water partition coefficient (Wildman–Crippen LogP) is 2.59. The number of pyridine rings is 1. The monoisotopic (exact) mass is 469 g/mol. The molecule has 1 saturated heterocycles. The molecule has 2 aromatic heterocycles. The van der Waals surface area contributed by atoms with Crippen LogP contribution in [0.15, 0.2) is 36.5 Å². The van der Waals surface area contributed by atoms with Gasteiger partial charge in [0.25, 0.3) is 0 Å². The van der Waals surface area contributed by atoms with Gasteiger partial charge >= 0.3 is 6.09 Å². The van der Waals surface area contributed by atoms with E-state index in [-0.39, 0.29) is 13.2 Å². The summed E-state index contributed by atoms with van der Waals surface area (Å²) in [6, 6.07) is 7.97. The van der Waals surface area contributed by atoms with E-state index in [1.54, 1.807) is 35.3 Å². The zero-order valence-corrected chi connectivity index (χ0v) is 19.3. The maximum absolute atomic E-state index is 14.9. The van der Waals surface area contributed by atoms with Gasteiger partial charge in [0, 0.05) is 17.3 Å². The molecule has 4 rings (SSSR count). The van der Waals surface area contributed by atoms with Crippen molar-refractivity contribution in [2.45, 2.75) is 32.9 Å². The maximum atomic E-state index is 14.9. The van der Waals surface area contributed by atoms with Crippen molar-refractivity contribution in [2.24, 2.45) is 0 Å². The molecule has 0 radical (unpaired) electrons. The Balaban J connectivity index is 1.42. The Hall–Kier alpha value is -3.44. The van der Waals surface area contributed by atoms with Gasteiger partial charge in [0.1, 0.15) is 17.6 Å². The second kappa shape index (κ2) is 10.7. The normalized spacial score (nSPS) is 15.9. The molecule has 180 valence electrons. The third-order valence-electron chi connectivity index (χ3n) is 5.83. The van der Waals surface area contributed by atoms with Gasteiger partial charge in [-0.1, -0.05) is 19.9 Å². The van der Waals surface area contributed by atoms with Crippen LogP contribution in [0.25, 0.3) is 22.6 Å². The van der Waals surface area contributed by atoms with Gasteiger partial charge in [-0.15, -0.1) is 10.2 Å². The van der Waals surface area contributed by atoms with Crippen molar-refractivity contribution in [3.8, 4) is 22.6 Å². The number of aromatic nitrogens is 5. The van der Waals surface area contributed by atoms with Crippen molar-refractivity contribution in [1.29, 1.82) is 0 Å². The number of cyclic esters (lactones) is 1. The zero-order valence-electron chi connectivity index (χ0n) is 19.3. The second-order valence-electron chi connectivity index (χ2n) is 7.98. The molecule has 3 aromatic rings. The van der Waals surface area contributed by atoms with E-state index in [1.165, 1.54) is 11.0 Å². The van der Waals surface area contributed by atoms with E-state index in [2.05, 4.69) is 39.1 Å². The average Bonchev–Trinajstić information content (AvgIpc) is 3.48. The van der Waals surface area contributed by atoms with Gasteiger partial charge in [-0.3, -0.25) is 9.88 Å². The lowest BCUT2D eigenvalue weighted by atomic mass is 10.1. The molecule has 3 heterocycles. The minimum Gasteiger partial charge on any atom is -0.441 e. The third kappa shape index (κ3) is 5.20. The van der Waals surface area contributed by atoms with Crippen molar-refractivity contribution in [1.82, 2.24) is 30.1 Å². The third-order valence-corrected chi connectivity index (χ3v) is 5.83. The van der Waals surface area contributed by atoms with Gasteiger partial charge in [0.2, 0.25) is 5.82 Å². The molecule has 0 saturated carbocycles. The fourth-order valence-electron chi connectivity index (χ4n) is 3.84. The molecule has 0 spiro atoms. The first kappa shape index (κ1) is 23.7. The number of halogens is 1. The number of rotatable bonds is 10. The lowest BCUT2D eigenvalue weighted by Gasteiger charge is -2.16. The second-order valence-corrected chi connectivity index (χ2v) is 7.98. The van der Waals surface area contributed by atoms with Crippen LogP contribution in [-0.2, 0) is 11.3 Å². The highest BCUT2D eigenvalue weighted by Crippen LogP contribution is 2.29. The lowest BCUT2D eigenvalue weighted by molar-refractivity contribution is 0.0963. The van der Waals surface area contributed by atoms with Gasteiger partial charge in [0.05, 0.1) is 25.4 Å². The molecule has 10 nitrogen and oxygen atoms in total. The summed E-state index contributed by atoms with van der Waals surface area (Å²) < 4.78 is 19.9. The highest BCUT2D eigenvalue weighted by Gasteiger charge is 2.32. The number of nitrogens with zero attached hydrogens (tertiary/aromatic N) is 7. The standard InChI is InChI=1S/C23H28FN7O3/c1-3-29(4-2)10-5-11-31-27-22(26-28-31)21-9-6-16(13-25-21)19-8-7-17(12-20(19)24)30-14-18(15-32)34-23(30)33/h6-9,12-13,18,32H,3-5,10-11,14-15H2,1-2H3. The fraction of sp³-hybridized carbons (Fsp3) is 0.435. The Morgan fingerprint density at radius 3 is 2.71 bits per heavy atom. The first-order valence-corrected chi connectivity index (χ1v) is 11.4. The van der Waals surface area contributed by atoms with Crippen LogP contribution >= 0.6 is 0 Å². The summed E-state index contributed by atoms with van der Waals surface area (Å²) in [5.41, 5.74) is 1.85. The summed E-state index contributed by atoms with van der Waals surface area (Å²) >= 11 is 0. The molecule has 1 aromatic carbocycles. The van der Waals surface area contributed by atoms with E-state index in [4.69, 9.17) is 4.74 Å². The van der Waals surface area contributed by atoms with Crippen LogP contribution in [0.4, 0.5) is 14.9 Å². The Morgan fingerprint density at radius 1 is 1.24 bits per heavy atom. The number of carbonyl (C=O) groups excluding carboxylic acids is 1. The van der Waals surface area contributed by atoms with Crippen LogP contribution in [0.5, 0.6) is 0 Å². The van der Waals surface area contributed by atoms with Crippen LogP contribution in [-0.4, -0.2) is 80.2 Å². The number of hydrogen-bond donors (Lipinski definition) is 1. The first-order valence-electron chi connectivity index (χ1n) is 11.4. The summed E-state index contributed by atoms with van der Waals surface area (Å²) in [6.45, 7) is 7.85. The summed E-state index contributed by atoms with van der Waals surface area (Å²) in [7, 11) is 0. The Bertz CT molecular complexity index is 1120. The molecule has 1 atom stereocenters. The van der Waals surface area contributed by atoms with E-state index in [0.29, 0.717) is 34.9 Å². The number of aliphatic hydroxyl groups is 1. The zero-order chi connectivity index (χ0) is 24.1. The predicted molar refractivity (Wildman–Crippen MR) is 124 cm³/mol. The number of ether oxygens (including phenoxy) is 1. The number of tetrazole rings is 1. The highest BCUT2D eigenvalue weighted by atomic mass is 19.1. The average molecular weight is 470 g/mol. The smallest absolute Gasteiger partial charge is 0.414 e. The van der Waals surface area contributed by atoms with Crippen molar-refractivity contribution in [3.63, 3.8) is 0 Å². The fourth-order valence-corrected chi connectivity index (χ4v) is 3.84. The minimum absolute atomic E-state index is 0.174. The van der Waals surface area contributed by atoms with Crippen LogP contribution in [0.2, 0.25) is 0 Å². The number of aryl methyl sites for hydroxylation is 1. The first-order chi connectivity index (χ1) is 16.5. The van der Waals surface area contributed by atoms with Crippen molar-refractivity contribution >= 4 is 11.8 Å². The topological polar surface area (TPSA) is 110 Å². The molecule has 1 aliphatic heterocycles. The molecule has 1 unspecified atom stereocenters. The van der Waals surface area contributed by atoms with Crippen LogP contribution in [0, 0.1) is 5.82 Å². The number of amides is 1. The van der Waals surface area contributed by atoms with E-state index < -0.39 is 18.0 Å². The van der Waals surface area contributed by atoms with Gasteiger partial charge in [-0.2, -0.15) is 4.80 Å². The van der Waals surface area contributed by atoms with Crippen molar-refractivity contribution in [3.05, 3.63) is 42.3 Å². The molecule has 1 amide bonds. The van der Waals surface area contributed by atoms with Crippen molar-refractivity contribution < 1.29 is 19.0 Å². The summed E-state index contributed by atoms with van der Waals surface area (Å²) in [5.74, 6) is -0.0826. The Kier molecular flexibility index (Phi) is 7.43. The van der Waals surface area contributed by atoms with E-state index in [0.717, 1.165) is 26.1 Å². The molecule has 1 fully saturated rings. The molecule has 34 heavy (non-hydrogen) atoms. The van der Waals surface area contributed by atoms with E-state index in [1.807, 2.05) is 0 Å². The number of aliphatic hydroxyl groups excluding tert-OH is 1. The summed E-state index contributed by atoms with van der Waals surface area (Å²) in [4.78, 5) is 21.5. The van der Waals surface area contributed by atoms with E-state index in [9.17, 15) is 14.3 Å². The summed E-state index contributed by atoms with van der Waals surface area (Å²) in [6.07, 6.45) is 1.27. The Morgan fingerprint density at radius 2 is 2.06 bits per heavy atom. The van der Waals surface area contributed by atoms with Crippen molar-refractivity contribution in [2.75, 3.05) is 37.7 Å². The molecular weight excluding hydrogens is 441 g/mol. The molecular formula is C23H28FN7O3. The van der Waals surface area contributed by atoms with Crippen LogP contribution < -0.4 is 4.90 Å². The van der Waals surface area contributed by atoms with Gasteiger partial charge in [-0.05, 0) is 55.5 Å². The number of benzene rings is 1. The van der Waals surface area contributed by atoms with Gasteiger partial charge in [-0.25, -0.2) is 9.18 Å². The van der Waals surface area contributed by atoms with Crippen LogP contribution in [0.3, 0.4) is 0 Å². The lowest BCUT2D eigenvalue weighted by Crippen LogP contribution is -2.25. The number of hydrogen-bond acceptors (Lipinski definition) is 8. The Labute approximate surface area is 197 Å². The SMILES string of the molecule is CCN(CC)CCCn1nnc(-c2ccc(-c3ccc(N4CC(CO)OC4=O)cc3F)cn2)n1.